The molecule has 26 heavy (non-hydrogen) atoms. The molecule has 1 aliphatic heterocycles. The lowest BCUT2D eigenvalue weighted by molar-refractivity contribution is 0.739. The zero-order valence-electron chi connectivity index (χ0n) is 16.4. The second kappa shape index (κ2) is 5.85. The Balaban J connectivity index is 2.16. The minimum absolute atomic E-state index is 0.143. The lowest BCUT2D eigenvalue weighted by Gasteiger charge is -2.48. The Hall–Kier alpha value is -2.32. The van der Waals surface area contributed by atoms with Gasteiger partial charge in [0.2, 0.25) is 0 Å². The molecule has 1 atom stereocenters. The topological polar surface area (TPSA) is 12.0 Å². The van der Waals surface area contributed by atoms with Crippen LogP contribution in [-0.2, 0) is 0 Å². The second-order valence-electron chi connectivity index (χ2n) is 8.59. The summed E-state index contributed by atoms with van der Waals surface area (Å²) < 4.78 is 0. The lowest BCUT2D eigenvalue weighted by Crippen LogP contribution is -2.74. The van der Waals surface area contributed by atoms with E-state index in [2.05, 4.69) is 107 Å². The van der Waals surface area contributed by atoms with Crippen molar-refractivity contribution in [3.05, 3.63) is 77.9 Å². The molecule has 4 rings (SSSR count). The van der Waals surface area contributed by atoms with Gasteiger partial charge in [-0.05, 0) is 52.1 Å². The summed E-state index contributed by atoms with van der Waals surface area (Å²) in [5.74, 6) is 0. The van der Waals surface area contributed by atoms with Gasteiger partial charge in [0.25, 0.3) is 0 Å². The predicted molar refractivity (Wildman–Crippen MR) is 116 cm³/mol. The first kappa shape index (κ1) is 17.1. The summed E-state index contributed by atoms with van der Waals surface area (Å²) in [6.07, 6.45) is 0. The van der Waals surface area contributed by atoms with Gasteiger partial charge in [-0.2, -0.15) is 0 Å². The van der Waals surface area contributed by atoms with E-state index in [0.717, 1.165) is 0 Å². The molecule has 1 N–H and O–H groups in total. The SMILES string of the molecule is Cc1ccc([Si]2(C(C)(C)C)c3ccccc3Nc3cc(C)ccc32)cc1. The van der Waals surface area contributed by atoms with Crippen molar-refractivity contribution in [2.24, 2.45) is 0 Å². The molecular formula is C24H27NSi. The molecule has 0 fully saturated rings. The average Bonchev–Trinajstić information content (AvgIpc) is 2.59. The highest BCUT2D eigenvalue weighted by Crippen LogP contribution is 2.41. The number of hydrogen-bond donors (Lipinski definition) is 1. The number of benzene rings is 3. The van der Waals surface area contributed by atoms with Crippen molar-refractivity contribution >= 4 is 35.0 Å². The zero-order chi connectivity index (χ0) is 18.5. The summed E-state index contributed by atoms with van der Waals surface area (Å²) in [6, 6.07) is 25.2. The highest BCUT2D eigenvalue weighted by molar-refractivity contribution is 7.15. The molecule has 0 aromatic heterocycles. The van der Waals surface area contributed by atoms with Gasteiger partial charge in [-0.15, -0.1) is 0 Å². The van der Waals surface area contributed by atoms with E-state index in [1.54, 1.807) is 0 Å². The molecule has 1 unspecified atom stereocenters. The summed E-state index contributed by atoms with van der Waals surface area (Å²) in [5.41, 5.74) is 5.17. The van der Waals surface area contributed by atoms with Gasteiger partial charge < -0.3 is 5.32 Å². The van der Waals surface area contributed by atoms with Crippen molar-refractivity contribution in [3.8, 4) is 0 Å². The second-order valence-corrected chi connectivity index (χ2v) is 13.2. The van der Waals surface area contributed by atoms with Crippen molar-refractivity contribution in [2.45, 2.75) is 39.7 Å². The van der Waals surface area contributed by atoms with E-state index in [-0.39, 0.29) is 5.04 Å². The molecule has 3 aromatic carbocycles. The fraction of sp³-hybridized carbons (Fsp3) is 0.250. The minimum Gasteiger partial charge on any atom is -0.356 e. The molecule has 132 valence electrons. The number of rotatable bonds is 1. The summed E-state index contributed by atoms with van der Waals surface area (Å²) >= 11 is 0. The number of aryl methyl sites for hydroxylation is 2. The number of fused-ring (bicyclic) bond motifs is 2. The number of hydrogen-bond acceptors (Lipinski definition) is 1. The Morgan fingerprint density at radius 3 is 2.00 bits per heavy atom. The van der Waals surface area contributed by atoms with Crippen LogP contribution in [0.5, 0.6) is 0 Å². The minimum atomic E-state index is -2.21. The van der Waals surface area contributed by atoms with Crippen LogP contribution in [0.2, 0.25) is 5.04 Å². The molecule has 0 aliphatic carbocycles. The average molecular weight is 358 g/mol. The Morgan fingerprint density at radius 2 is 1.31 bits per heavy atom. The first-order valence-corrected chi connectivity index (χ1v) is 11.4. The Kier molecular flexibility index (Phi) is 3.85. The molecule has 2 heteroatoms. The number of para-hydroxylation sites is 1. The predicted octanol–water partition coefficient (Wildman–Crippen LogP) is 4.63. The first-order valence-electron chi connectivity index (χ1n) is 9.39. The van der Waals surface area contributed by atoms with E-state index < -0.39 is 8.07 Å². The Labute approximate surface area is 158 Å². The smallest absolute Gasteiger partial charge is 0.158 e. The van der Waals surface area contributed by atoms with Crippen LogP contribution in [0.3, 0.4) is 0 Å². The van der Waals surface area contributed by atoms with Gasteiger partial charge in [-0.1, -0.05) is 80.9 Å². The molecule has 0 bridgehead atoms. The third kappa shape index (κ3) is 2.36. The molecular weight excluding hydrogens is 330 g/mol. The van der Waals surface area contributed by atoms with Crippen molar-refractivity contribution in [3.63, 3.8) is 0 Å². The van der Waals surface area contributed by atoms with Gasteiger partial charge in [0.15, 0.2) is 8.07 Å². The maximum atomic E-state index is 3.72. The lowest BCUT2D eigenvalue weighted by atomic mass is 10.2. The maximum Gasteiger partial charge on any atom is 0.158 e. The summed E-state index contributed by atoms with van der Waals surface area (Å²) in [4.78, 5) is 0. The Morgan fingerprint density at radius 1 is 0.692 bits per heavy atom. The fourth-order valence-corrected chi connectivity index (χ4v) is 10.5. The van der Waals surface area contributed by atoms with Crippen LogP contribution >= 0.6 is 0 Å². The third-order valence-corrected chi connectivity index (χ3v) is 11.7. The molecule has 1 heterocycles. The summed E-state index contributed by atoms with van der Waals surface area (Å²) in [5, 5.41) is 8.35. The molecule has 0 saturated heterocycles. The summed E-state index contributed by atoms with van der Waals surface area (Å²) in [6.45, 7) is 11.6. The highest BCUT2D eigenvalue weighted by atomic mass is 28.3. The van der Waals surface area contributed by atoms with Crippen LogP contribution in [-0.4, -0.2) is 8.07 Å². The van der Waals surface area contributed by atoms with Crippen LogP contribution in [0.1, 0.15) is 31.9 Å². The molecule has 0 amide bonds. The number of anilines is 2. The third-order valence-electron chi connectivity index (χ3n) is 5.79. The van der Waals surface area contributed by atoms with Crippen LogP contribution in [0, 0.1) is 13.8 Å². The van der Waals surface area contributed by atoms with Crippen molar-refractivity contribution in [1.82, 2.24) is 0 Å². The molecule has 0 radical (unpaired) electrons. The normalized spacial score (nSPS) is 18.7. The van der Waals surface area contributed by atoms with Crippen LogP contribution in [0.4, 0.5) is 11.4 Å². The standard InChI is InChI=1S/C24H27NSi/c1-17-10-13-19(14-11-17)26(24(3,4)5)22-9-7-6-8-20(22)25-21-16-18(2)12-15-23(21)26/h6-16,25H,1-5H3. The molecule has 1 nitrogen and oxygen atoms in total. The van der Waals surface area contributed by atoms with Gasteiger partial charge in [0, 0.05) is 11.4 Å². The molecule has 0 spiro atoms. The van der Waals surface area contributed by atoms with Crippen LogP contribution in [0.25, 0.3) is 0 Å². The van der Waals surface area contributed by atoms with E-state index in [1.807, 2.05) is 0 Å². The van der Waals surface area contributed by atoms with Gasteiger partial charge in [0.05, 0.1) is 0 Å². The van der Waals surface area contributed by atoms with E-state index in [0.29, 0.717) is 0 Å². The van der Waals surface area contributed by atoms with Crippen LogP contribution < -0.4 is 20.9 Å². The van der Waals surface area contributed by atoms with Crippen molar-refractivity contribution in [2.75, 3.05) is 5.32 Å². The van der Waals surface area contributed by atoms with Crippen LogP contribution in [0.15, 0.2) is 66.7 Å². The highest BCUT2D eigenvalue weighted by Gasteiger charge is 2.52. The van der Waals surface area contributed by atoms with Crippen molar-refractivity contribution in [1.29, 1.82) is 0 Å². The van der Waals surface area contributed by atoms with E-state index in [4.69, 9.17) is 0 Å². The largest absolute Gasteiger partial charge is 0.356 e. The monoisotopic (exact) mass is 357 g/mol. The van der Waals surface area contributed by atoms with Gasteiger partial charge in [-0.3, -0.25) is 0 Å². The van der Waals surface area contributed by atoms with E-state index in [1.165, 1.54) is 38.1 Å². The van der Waals surface area contributed by atoms with Gasteiger partial charge in [-0.25, -0.2) is 0 Å². The molecule has 3 aromatic rings. The van der Waals surface area contributed by atoms with Gasteiger partial charge >= 0.3 is 0 Å². The maximum absolute atomic E-state index is 3.72. The molecule has 1 aliphatic rings. The zero-order valence-corrected chi connectivity index (χ0v) is 17.4. The Bertz CT molecular complexity index is 966. The number of nitrogens with one attached hydrogen (secondary N) is 1. The van der Waals surface area contributed by atoms with Gasteiger partial charge in [0.1, 0.15) is 0 Å². The van der Waals surface area contributed by atoms with E-state index >= 15 is 0 Å². The van der Waals surface area contributed by atoms with E-state index in [9.17, 15) is 0 Å². The molecule has 0 saturated carbocycles. The quantitative estimate of drug-likeness (QED) is 0.626. The fourth-order valence-electron chi connectivity index (χ4n) is 4.65. The summed E-state index contributed by atoms with van der Waals surface area (Å²) in [7, 11) is -2.21. The van der Waals surface area contributed by atoms with Crippen molar-refractivity contribution < 1.29 is 0 Å². The first-order chi connectivity index (χ1) is 12.3.